The molecule has 174 valence electrons. The summed E-state index contributed by atoms with van der Waals surface area (Å²) >= 11 is 0. The lowest BCUT2D eigenvalue weighted by atomic mass is 10.0. The predicted molar refractivity (Wildman–Crippen MR) is 127 cm³/mol. The van der Waals surface area contributed by atoms with Crippen molar-refractivity contribution in [1.29, 1.82) is 0 Å². The van der Waals surface area contributed by atoms with Gasteiger partial charge in [0.15, 0.2) is 11.6 Å². The van der Waals surface area contributed by atoms with Gasteiger partial charge in [-0.25, -0.2) is 13.7 Å². The molecule has 0 radical (unpaired) electrons. The van der Waals surface area contributed by atoms with Crippen molar-refractivity contribution in [3.05, 3.63) is 95.2 Å². The van der Waals surface area contributed by atoms with Gasteiger partial charge in [-0.3, -0.25) is 9.59 Å². The molecule has 0 unspecified atom stereocenters. The predicted octanol–water partition coefficient (Wildman–Crippen LogP) is 5.70. The Hall–Kier alpha value is -4.00. The van der Waals surface area contributed by atoms with Gasteiger partial charge in [-0.2, -0.15) is 0 Å². The lowest BCUT2D eigenvalue weighted by molar-refractivity contribution is -0.120. The molecule has 0 saturated heterocycles. The summed E-state index contributed by atoms with van der Waals surface area (Å²) in [7, 11) is 0. The molecule has 3 aromatic carbocycles. The van der Waals surface area contributed by atoms with E-state index in [9.17, 15) is 18.4 Å². The molecule has 0 saturated carbocycles. The fourth-order valence-corrected chi connectivity index (χ4v) is 3.65. The Morgan fingerprint density at radius 1 is 0.912 bits per heavy atom. The number of imide groups is 1. The number of benzene rings is 3. The molecule has 5 nitrogen and oxygen atoms in total. The quantitative estimate of drug-likeness (QED) is 0.458. The lowest BCUT2D eigenvalue weighted by Crippen LogP contribution is -2.33. The van der Waals surface area contributed by atoms with Crippen molar-refractivity contribution >= 4 is 28.8 Å². The summed E-state index contributed by atoms with van der Waals surface area (Å²) in [6.07, 6.45) is 0. The SMILES string of the molecule is Cc1ccccc1N1C(=O)C(Nc2ccc(F)c(F)c2)=C(c2ccc(OCC(C)C)cc2)C1=O. The molecular weight excluding hydrogens is 438 g/mol. The van der Waals surface area contributed by atoms with Crippen molar-refractivity contribution in [3.8, 4) is 5.75 Å². The van der Waals surface area contributed by atoms with Crippen LogP contribution in [0.3, 0.4) is 0 Å². The van der Waals surface area contributed by atoms with Crippen LogP contribution in [0.2, 0.25) is 0 Å². The van der Waals surface area contributed by atoms with Crippen LogP contribution in [0.1, 0.15) is 25.0 Å². The minimum atomic E-state index is -1.06. The fourth-order valence-electron chi connectivity index (χ4n) is 3.65. The van der Waals surface area contributed by atoms with Crippen LogP contribution in [0.15, 0.2) is 72.4 Å². The molecule has 2 amide bonds. The third kappa shape index (κ3) is 4.55. The van der Waals surface area contributed by atoms with E-state index in [1.165, 1.54) is 6.07 Å². The van der Waals surface area contributed by atoms with Crippen molar-refractivity contribution in [2.45, 2.75) is 20.8 Å². The summed E-state index contributed by atoms with van der Waals surface area (Å²) in [5, 5.41) is 2.84. The third-order valence-electron chi connectivity index (χ3n) is 5.36. The molecule has 1 aliphatic rings. The molecule has 0 atom stereocenters. The van der Waals surface area contributed by atoms with Gasteiger partial charge in [-0.1, -0.05) is 44.2 Å². The number of ether oxygens (including phenoxy) is 1. The molecule has 34 heavy (non-hydrogen) atoms. The third-order valence-corrected chi connectivity index (χ3v) is 5.36. The molecule has 7 heteroatoms. The van der Waals surface area contributed by atoms with Crippen LogP contribution in [0, 0.1) is 24.5 Å². The summed E-state index contributed by atoms with van der Waals surface area (Å²) in [6, 6.07) is 17.1. The topological polar surface area (TPSA) is 58.6 Å². The Labute approximate surface area is 196 Å². The monoisotopic (exact) mass is 462 g/mol. The molecule has 0 fully saturated rings. The van der Waals surface area contributed by atoms with Crippen LogP contribution in [0.25, 0.3) is 5.57 Å². The molecule has 1 N–H and O–H groups in total. The number of carbonyl (C=O) groups is 2. The molecule has 4 rings (SSSR count). The number of para-hydroxylation sites is 1. The first kappa shape index (κ1) is 23.2. The highest BCUT2D eigenvalue weighted by Crippen LogP contribution is 2.35. The van der Waals surface area contributed by atoms with E-state index in [1.54, 1.807) is 49.4 Å². The Balaban J connectivity index is 1.76. The van der Waals surface area contributed by atoms with E-state index in [2.05, 4.69) is 5.32 Å². The van der Waals surface area contributed by atoms with Crippen molar-refractivity contribution in [2.75, 3.05) is 16.8 Å². The maximum atomic E-state index is 13.8. The normalized spacial score (nSPS) is 13.8. The summed E-state index contributed by atoms with van der Waals surface area (Å²) in [6.45, 7) is 6.43. The van der Waals surface area contributed by atoms with E-state index in [1.807, 2.05) is 19.9 Å². The van der Waals surface area contributed by atoms with E-state index < -0.39 is 23.4 Å². The molecule has 3 aromatic rings. The molecule has 0 spiro atoms. The van der Waals surface area contributed by atoms with Crippen molar-refractivity contribution in [2.24, 2.45) is 5.92 Å². The lowest BCUT2D eigenvalue weighted by Gasteiger charge is -2.17. The number of hydrogen-bond donors (Lipinski definition) is 1. The highest BCUT2D eigenvalue weighted by atomic mass is 19.2. The first-order valence-electron chi connectivity index (χ1n) is 10.9. The smallest absolute Gasteiger partial charge is 0.282 e. The van der Waals surface area contributed by atoms with Crippen molar-refractivity contribution in [3.63, 3.8) is 0 Å². The summed E-state index contributed by atoms with van der Waals surface area (Å²) < 4.78 is 32.9. The minimum absolute atomic E-state index is 0.0184. The van der Waals surface area contributed by atoms with Crippen LogP contribution in [-0.2, 0) is 9.59 Å². The first-order chi connectivity index (χ1) is 16.3. The molecule has 1 aliphatic heterocycles. The average Bonchev–Trinajstić information content (AvgIpc) is 3.05. The summed E-state index contributed by atoms with van der Waals surface area (Å²) in [4.78, 5) is 28.1. The fraction of sp³-hybridized carbons (Fsp3) is 0.185. The molecule has 0 bridgehead atoms. The van der Waals surface area contributed by atoms with Gasteiger partial charge < -0.3 is 10.1 Å². The zero-order valence-electron chi connectivity index (χ0n) is 19.1. The highest BCUT2D eigenvalue weighted by molar-refractivity contribution is 6.46. The number of carbonyl (C=O) groups excluding carboxylic acids is 2. The molecule has 0 aliphatic carbocycles. The van der Waals surface area contributed by atoms with Gasteiger partial charge in [0, 0.05) is 11.8 Å². The van der Waals surface area contributed by atoms with Gasteiger partial charge in [0.05, 0.1) is 17.9 Å². The summed E-state index contributed by atoms with van der Waals surface area (Å²) in [5.41, 5.74) is 1.96. The Kier molecular flexibility index (Phi) is 6.45. The van der Waals surface area contributed by atoms with Gasteiger partial charge in [-0.15, -0.1) is 0 Å². The van der Waals surface area contributed by atoms with E-state index >= 15 is 0 Å². The van der Waals surface area contributed by atoms with Crippen molar-refractivity contribution < 1.29 is 23.1 Å². The summed E-state index contributed by atoms with van der Waals surface area (Å²) in [5.74, 6) is -2.18. The number of hydrogen-bond acceptors (Lipinski definition) is 4. The Morgan fingerprint density at radius 2 is 1.62 bits per heavy atom. The van der Waals surface area contributed by atoms with Gasteiger partial charge >= 0.3 is 0 Å². The number of halogens is 2. The van der Waals surface area contributed by atoms with Crippen LogP contribution in [0.5, 0.6) is 5.75 Å². The maximum absolute atomic E-state index is 13.8. The van der Waals surface area contributed by atoms with Crippen LogP contribution < -0.4 is 15.0 Å². The van der Waals surface area contributed by atoms with E-state index in [-0.39, 0.29) is 17.0 Å². The molecular formula is C27H24F2N2O3. The maximum Gasteiger partial charge on any atom is 0.282 e. The minimum Gasteiger partial charge on any atom is -0.493 e. The zero-order chi connectivity index (χ0) is 24.4. The van der Waals surface area contributed by atoms with E-state index in [0.717, 1.165) is 22.6 Å². The van der Waals surface area contributed by atoms with Gasteiger partial charge in [0.2, 0.25) is 0 Å². The zero-order valence-corrected chi connectivity index (χ0v) is 19.1. The Bertz CT molecular complexity index is 1280. The van der Waals surface area contributed by atoms with E-state index in [0.29, 0.717) is 29.5 Å². The molecule has 1 heterocycles. The average molecular weight is 462 g/mol. The second kappa shape index (κ2) is 9.47. The second-order valence-corrected chi connectivity index (χ2v) is 8.47. The van der Waals surface area contributed by atoms with Gasteiger partial charge in [0.25, 0.3) is 11.8 Å². The Morgan fingerprint density at radius 3 is 2.26 bits per heavy atom. The van der Waals surface area contributed by atoms with Crippen LogP contribution in [0.4, 0.5) is 20.2 Å². The highest BCUT2D eigenvalue weighted by Gasteiger charge is 2.40. The first-order valence-corrected chi connectivity index (χ1v) is 10.9. The number of nitrogens with one attached hydrogen (secondary N) is 1. The van der Waals surface area contributed by atoms with E-state index in [4.69, 9.17) is 4.74 Å². The van der Waals surface area contributed by atoms with Gasteiger partial charge in [-0.05, 0) is 54.3 Å². The number of rotatable bonds is 7. The number of aryl methyl sites for hydroxylation is 1. The van der Waals surface area contributed by atoms with Crippen LogP contribution in [-0.4, -0.2) is 18.4 Å². The standard InChI is InChI=1S/C27H24F2N2O3/c1-16(2)15-34-20-11-8-18(9-12-20)24-25(30-19-10-13-21(28)22(29)14-19)27(33)31(26(24)32)23-7-5-4-6-17(23)3/h4-14,16,30H,15H2,1-3H3. The van der Waals surface area contributed by atoms with Gasteiger partial charge in [0.1, 0.15) is 11.4 Å². The second-order valence-electron chi connectivity index (χ2n) is 8.47. The number of amides is 2. The van der Waals surface area contributed by atoms with Crippen molar-refractivity contribution in [1.82, 2.24) is 0 Å². The molecule has 0 aromatic heterocycles. The largest absolute Gasteiger partial charge is 0.493 e. The van der Waals surface area contributed by atoms with Crippen LogP contribution >= 0.6 is 0 Å². The number of nitrogens with zero attached hydrogens (tertiary/aromatic N) is 1. The number of anilines is 2.